The monoisotopic (exact) mass is 355 g/mol. The van der Waals surface area contributed by atoms with Crippen molar-refractivity contribution in [2.75, 3.05) is 38.0 Å². The van der Waals surface area contributed by atoms with Gasteiger partial charge in [0.15, 0.2) is 5.78 Å². The molecule has 1 saturated heterocycles. The van der Waals surface area contributed by atoms with Crippen molar-refractivity contribution in [3.8, 4) is 0 Å². The fraction of sp³-hybridized carbons (Fsp3) is 0.524. The number of ketones is 1. The second-order valence-corrected chi connectivity index (χ2v) is 7.25. The molecule has 0 unspecified atom stereocenters. The van der Waals surface area contributed by atoms with Crippen LogP contribution in [0.25, 0.3) is 0 Å². The number of urea groups is 1. The molecule has 1 aliphatic heterocycles. The summed E-state index contributed by atoms with van der Waals surface area (Å²) in [6.07, 6.45) is 8.79. The molecule has 1 fully saturated rings. The molecule has 2 amide bonds. The SMILES string of the molecule is CC(=O)c1ccc(NC(=O)N2CCN(CCC3=CCCCC3)CC2)cc1. The first-order valence-electron chi connectivity index (χ1n) is 9.69. The Balaban J connectivity index is 1.41. The Hall–Kier alpha value is -2.14. The molecule has 26 heavy (non-hydrogen) atoms. The lowest BCUT2D eigenvalue weighted by Gasteiger charge is -2.35. The molecule has 0 spiro atoms. The van der Waals surface area contributed by atoms with Gasteiger partial charge in [-0.25, -0.2) is 4.79 Å². The standard InChI is InChI=1S/C21H29N3O2/c1-17(25)19-7-9-20(10-8-19)22-21(26)24-15-13-23(14-16-24)12-11-18-5-3-2-4-6-18/h5,7-10H,2-4,6,11-16H2,1H3,(H,22,26). The van der Waals surface area contributed by atoms with Gasteiger partial charge in [0.05, 0.1) is 0 Å². The van der Waals surface area contributed by atoms with Crippen molar-refractivity contribution in [2.45, 2.75) is 39.0 Å². The summed E-state index contributed by atoms with van der Waals surface area (Å²) in [4.78, 5) is 28.1. The molecule has 0 saturated carbocycles. The summed E-state index contributed by atoms with van der Waals surface area (Å²) in [5, 5.41) is 2.92. The van der Waals surface area contributed by atoms with E-state index in [0.29, 0.717) is 5.56 Å². The Labute approximate surface area is 156 Å². The number of amides is 2. The van der Waals surface area contributed by atoms with Gasteiger partial charge in [-0.05, 0) is 63.3 Å². The number of piperazine rings is 1. The number of nitrogens with zero attached hydrogens (tertiary/aromatic N) is 2. The predicted molar refractivity (Wildman–Crippen MR) is 105 cm³/mol. The van der Waals surface area contributed by atoms with E-state index in [1.807, 2.05) is 4.90 Å². The minimum atomic E-state index is -0.0600. The average molecular weight is 355 g/mol. The molecule has 0 bridgehead atoms. The Morgan fingerprint density at radius 3 is 2.38 bits per heavy atom. The van der Waals surface area contributed by atoms with Gasteiger partial charge in [-0.2, -0.15) is 0 Å². The number of nitrogens with one attached hydrogen (secondary N) is 1. The molecule has 1 N–H and O–H groups in total. The number of rotatable bonds is 5. The van der Waals surface area contributed by atoms with Crippen molar-refractivity contribution >= 4 is 17.5 Å². The van der Waals surface area contributed by atoms with Gasteiger partial charge in [0.25, 0.3) is 0 Å². The van der Waals surface area contributed by atoms with Crippen LogP contribution in [-0.4, -0.2) is 54.3 Å². The first-order valence-corrected chi connectivity index (χ1v) is 9.69. The number of allylic oxidation sites excluding steroid dienone is 1. The van der Waals surface area contributed by atoms with Crippen molar-refractivity contribution < 1.29 is 9.59 Å². The van der Waals surface area contributed by atoms with Gasteiger partial charge in [0.2, 0.25) is 0 Å². The predicted octanol–water partition coefficient (Wildman–Crippen LogP) is 3.93. The number of hydrogen-bond acceptors (Lipinski definition) is 3. The van der Waals surface area contributed by atoms with E-state index in [9.17, 15) is 9.59 Å². The maximum absolute atomic E-state index is 12.4. The number of anilines is 1. The van der Waals surface area contributed by atoms with Crippen molar-refractivity contribution in [3.63, 3.8) is 0 Å². The summed E-state index contributed by atoms with van der Waals surface area (Å²) in [5.41, 5.74) is 3.00. The number of hydrogen-bond donors (Lipinski definition) is 1. The average Bonchev–Trinajstić information content (AvgIpc) is 2.68. The molecule has 1 aromatic rings. The molecule has 1 heterocycles. The second-order valence-electron chi connectivity index (χ2n) is 7.25. The maximum Gasteiger partial charge on any atom is 0.321 e. The van der Waals surface area contributed by atoms with Crippen LogP contribution in [0.5, 0.6) is 0 Å². The van der Waals surface area contributed by atoms with E-state index in [-0.39, 0.29) is 11.8 Å². The zero-order valence-corrected chi connectivity index (χ0v) is 15.7. The Morgan fingerprint density at radius 2 is 1.77 bits per heavy atom. The minimum absolute atomic E-state index is 0.0305. The highest BCUT2D eigenvalue weighted by atomic mass is 16.2. The topological polar surface area (TPSA) is 52.7 Å². The smallest absolute Gasteiger partial charge is 0.321 e. The fourth-order valence-corrected chi connectivity index (χ4v) is 3.60. The molecule has 1 aromatic carbocycles. The first kappa shape index (κ1) is 18.6. The third-order valence-corrected chi connectivity index (χ3v) is 5.34. The largest absolute Gasteiger partial charge is 0.322 e. The lowest BCUT2D eigenvalue weighted by Crippen LogP contribution is -2.50. The molecule has 3 rings (SSSR count). The van der Waals surface area contributed by atoms with E-state index in [0.717, 1.165) is 38.4 Å². The van der Waals surface area contributed by atoms with Crippen LogP contribution in [0.4, 0.5) is 10.5 Å². The summed E-state index contributed by atoms with van der Waals surface area (Å²) in [6.45, 7) is 6.03. The third kappa shape index (κ3) is 5.18. The Morgan fingerprint density at radius 1 is 1.04 bits per heavy atom. The van der Waals surface area contributed by atoms with E-state index in [1.54, 1.807) is 29.8 Å². The molecule has 5 heteroatoms. The van der Waals surface area contributed by atoms with Crippen LogP contribution < -0.4 is 5.32 Å². The van der Waals surface area contributed by atoms with Crippen molar-refractivity contribution in [2.24, 2.45) is 0 Å². The summed E-state index contributed by atoms with van der Waals surface area (Å²) in [6, 6.07) is 6.99. The number of carbonyl (C=O) groups is 2. The second kappa shape index (κ2) is 8.99. The summed E-state index contributed by atoms with van der Waals surface area (Å²) < 4.78 is 0. The van der Waals surface area contributed by atoms with Crippen molar-refractivity contribution in [3.05, 3.63) is 41.5 Å². The Bertz CT molecular complexity index is 658. The first-order chi connectivity index (χ1) is 12.6. The third-order valence-electron chi connectivity index (χ3n) is 5.34. The number of benzene rings is 1. The minimum Gasteiger partial charge on any atom is -0.322 e. The van der Waals surface area contributed by atoms with Crippen molar-refractivity contribution in [1.29, 1.82) is 0 Å². The fourth-order valence-electron chi connectivity index (χ4n) is 3.60. The number of Topliss-reactive ketones (excluding diaryl/α,β-unsaturated/α-hetero) is 1. The normalized spacial score (nSPS) is 18.3. The van der Waals surface area contributed by atoms with Crippen LogP contribution in [0.1, 0.15) is 49.4 Å². The summed E-state index contributed by atoms with van der Waals surface area (Å²) >= 11 is 0. The van der Waals surface area contributed by atoms with Crippen LogP contribution in [-0.2, 0) is 0 Å². The van der Waals surface area contributed by atoms with Gasteiger partial charge in [-0.15, -0.1) is 0 Å². The number of carbonyl (C=O) groups excluding carboxylic acids is 2. The van der Waals surface area contributed by atoms with E-state index >= 15 is 0 Å². The quantitative estimate of drug-likeness (QED) is 0.643. The molecular weight excluding hydrogens is 326 g/mol. The lowest BCUT2D eigenvalue weighted by molar-refractivity contribution is 0.101. The van der Waals surface area contributed by atoms with Crippen LogP contribution in [0.2, 0.25) is 0 Å². The van der Waals surface area contributed by atoms with Gasteiger partial charge >= 0.3 is 6.03 Å². The molecule has 1 aliphatic carbocycles. The van der Waals surface area contributed by atoms with Gasteiger partial charge in [-0.3, -0.25) is 9.69 Å². The maximum atomic E-state index is 12.4. The van der Waals surface area contributed by atoms with E-state index in [2.05, 4.69) is 16.3 Å². The van der Waals surface area contributed by atoms with Crippen LogP contribution >= 0.6 is 0 Å². The molecule has 2 aliphatic rings. The van der Waals surface area contributed by atoms with Crippen molar-refractivity contribution in [1.82, 2.24) is 9.80 Å². The van der Waals surface area contributed by atoms with Crippen LogP contribution in [0.3, 0.4) is 0 Å². The van der Waals surface area contributed by atoms with Crippen LogP contribution in [0, 0.1) is 0 Å². The zero-order valence-electron chi connectivity index (χ0n) is 15.7. The highest BCUT2D eigenvalue weighted by Crippen LogP contribution is 2.20. The summed E-state index contributed by atoms with van der Waals surface area (Å²) in [7, 11) is 0. The van der Waals surface area contributed by atoms with Gasteiger partial charge < -0.3 is 10.2 Å². The highest BCUT2D eigenvalue weighted by Gasteiger charge is 2.21. The molecule has 0 atom stereocenters. The lowest BCUT2D eigenvalue weighted by atomic mass is 9.97. The van der Waals surface area contributed by atoms with Gasteiger partial charge in [-0.1, -0.05) is 11.6 Å². The molecule has 5 nitrogen and oxygen atoms in total. The zero-order chi connectivity index (χ0) is 18.4. The summed E-state index contributed by atoms with van der Waals surface area (Å²) in [5.74, 6) is 0.0305. The van der Waals surface area contributed by atoms with E-state index in [4.69, 9.17) is 0 Å². The highest BCUT2D eigenvalue weighted by molar-refractivity contribution is 5.95. The molecule has 0 radical (unpaired) electrons. The molecule has 0 aromatic heterocycles. The van der Waals surface area contributed by atoms with Crippen LogP contribution in [0.15, 0.2) is 35.9 Å². The molecule has 140 valence electrons. The Kier molecular flexibility index (Phi) is 6.45. The van der Waals surface area contributed by atoms with E-state index in [1.165, 1.54) is 39.0 Å². The molecular formula is C21H29N3O2. The van der Waals surface area contributed by atoms with Gasteiger partial charge in [0, 0.05) is 44.0 Å². The van der Waals surface area contributed by atoms with E-state index < -0.39 is 0 Å². The van der Waals surface area contributed by atoms with Gasteiger partial charge in [0.1, 0.15) is 0 Å².